The maximum absolute atomic E-state index is 12.9. The monoisotopic (exact) mass is 695 g/mol. The van der Waals surface area contributed by atoms with Crippen molar-refractivity contribution in [2.45, 2.75) is 257 Å². The van der Waals surface area contributed by atoms with Gasteiger partial charge >= 0.3 is 0 Å². The van der Waals surface area contributed by atoms with E-state index in [1.807, 2.05) is 0 Å². The van der Waals surface area contributed by atoms with E-state index in [2.05, 4.69) is 13.8 Å². The molecule has 0 radical (unpaired) electrons. The molecule has 290 valence electrons. The highest BCUT2D eigenvalue weighted by atomic mass is 16.4. The number of unbranched alkanes of at least 4 members (excludes halogenated alkanes) is 28. The molecule has 0 aromatic carbocycles. The number of Topliss-reactive ketones (excluding diaryl/α,β-unsaturated/α-hetero) is 3. The van der Waals surface area contributed by atoms with Crippen LogP contribution in [0.5, 0.6) is 0 Å². The largest absolute Gasteiger partial charge is 0.382 e. The Morgan fingerprint density at radius 3 is 0.816 bits per heavy atom. The molecule has 3 N–H and O–H groups in total. The molecular formula is C43H82O6. The smallest absolute Gasteiger partial charge is 0.189 e. The first-order valence-electron chi connectivity index (χ1n) is 21.4. The van der Waals surface area contributed by atoms with Gasteiger partial charge in [-0.15, -0.1) is 0 Å². The summed E-state index contributed by atoms with van der Waals surface area (Å²) >= 11 is 0. The van der Waals surface area contributed by atoms with Crippen molar-refractivity contribution in [3.8, 4) is 0 Å². The van der Waals surface area contributed by atoms with Crippen LogP contribution >= 0.6 is 0 Å². The summed E-state index contributed by atoms with van der Waals surface area (Å²) in [6.07, 6.45) is 32.1. The molecule has 0 rings (SSSR count). The Labute approximate surface area is 303 Å². The first kappa shape index (κ1) is 47.9. The fourth-order valence-electron chi connectivity index (χ4n) is 6.99. The van der Waals surface area contributed by atoms with Gasteiger partial charge in [0.1, 0.15) is 0 Å². The van der Waals surface area contributed by atoms with Crippen molar-refractivity contribution in [2.24, 2.45) is 0 Å². The number of aliphatic hydroxyl groups is 3. The Kier molecular flexibility index (Phi) is 33.2. The van der Waals surface area contributed by atoms with Crippen LogP contribution in [0.1, 0.15) is 239 Å². The number of rotatable bonds is 39. The van der Waals surface area contributed by atoms with E-state index in [0.29, 0.717) is 19.3 Å². The van der Waals surface area contributed by atoms with Crippen LogP contribution in [0.15, 0.2) is 0 Å². The summed E-state index contributed by atoms with van der Waals surface area (Å²) < 4.78 is 0. The van der Waals surface area contributed by atoms with Gasteiger partial charge in [0.2, 0.25) is 0 Å². The summed E-state index contributed by atoms with van der Waals surface area (Å²) in [6, 6.07) is 0. The lowest BCUT2D eigenvalue weighted by Crippen LogP contribution is -2.63. The van der Waals surface area contributed by atoms with E-state index in [0.717, 1.165) is 38.5 Å². The first-order chi connectivity index (χ1) is 23.8. The van der Waals surface area contributed by atoms with Crippen LogP contribution in [0.3, 0.4) is 0 Å². The maximum Gasteiger partial charge on any atom is 0.189 e. The molecule has 0 aromatic heterocycles. The van der Waals surface area contributed by atoms with Crippen LogP contribution < -0.4 is 0 Å². The number of hydrogen-bond donors (Lipinski definition) is 3. The molecule has 0 saturated carbocycles. The van der Waals surface area contributed by atoms with Crippen LogP contribution in [-0.2, 0) is 14.4 Å². The molecule has 0 bridgehead atoms. The third-order valence-electron chi connectivity index (χ3n) is 10.4. The van der Waals surface area contributed by atoms with E-state index in [1.54, 1.807) is 6.92 Å². The molecule has 0 saturated heterocycles. The fourth-order valence-corrected chi connectivity index (χ4v) is 6.99. The normalized spacial score (nSPS) is 14.1. The Hall–Kier alpha value is -1.11. The summed E-state index contributed by atoms with van der Waals surface area (Å²) in [5.74, 6) is -2.20. The average molecular weight is 695 g/mol. The molecule has 0 fully saturated rings. The molecule has 49 heavy (non-hydrogen) atoms. The maximum atomic E-state index is 12.9. The Morgan fingerprint density at radius 1 is 0.367 bits per heavy atom. The minimum atomic E-state index is -2.78. The zero-order valence-corrected chi connectivity index (χ0v) is 32.8. The summed E-state index contributed by atoms with van der Waals surface area (Å²) in [5, 5.41) is 32.9. The summed E-state index contributed by atoms with van der Waals surface area (Å²) in [7, 11) is 0. The average Bonchev–Trinajstić information content (AvgIpc) is 3.10. The highest BCUT2D eigenvalue weighted by Crippen LogP contribution is 2.25. The molecule has 0 spiro atoms. The molecule has 0 aliphatic heterocycles. The van der Waals surface area contributed by atoms with Crippen molar-refractivity contribution in [1.82, 2.24) is 0 Å². The minimum Gasteiger partial charge on any atom is -0.382 e. The van der Waals surface area contributed by atoms with E-state index in [4.69, 9.17) is 0 Å². The van der Waals surface area contributed by atoms with Crippen LogP contribution in [-0.4, -0.2) is 50.5 Å². The predicted molar refractivity (Wildman–Crippen MR) is 206 cm³/mol. The van der Waals surface area contributed by atoms with Gasteiger partial charge in [-0.3, -0.25) is 14.4 Å². The molecule has 2 unspecified atom stereocenters. The standard InChI is InChI=1S/C43H82O6/c1-4-7-9-11-13-15-17-19-21-23-25-27-29-31-33-36-38(44)41(47)43(49,40(46)35-6-3)42(48)39(45)37-34-32-30-28-26-24-22-20-18-16-14-12-10-8-5-2/h41-42,47-49H,4-37H2,1-3H3. The second-order valence-corrected chi connectivity index (χ2v) is 15.1. The van der Waals surface area contributed by atoms with Crippen molar-refractivity contribution < 1.29 is 29.7 Å². The van der Waals surface area contributed by atoms with Gasteiger partial charge in [0.25, 0.3) is 0 Å². The number of carbonyl (C=O) groups excluding carboxylic acids is 3. The molecule has 6 heteroatoms. The third-order valence-corrected chi connectivity index (χ3v) is 10.4. The van der Waals surface area contributed by atoms with E-state index < -0.39 is 35.2 Å². The van der Waals surface area contributed by atoms with Crippen LogP contribution in [0.4, 0.5) is 0 Å². The lowest BCUT2D eigenvalue weighted by Gasteiger charge is -2.34. The Bertz CT molecular complexity index is 728. The molecule has 0 aliphatic carbocycles. The molecule has 6 nitrogen and oxygen atoms in total. The predicted octanol–water partition coefficient (Wildman–Crippen LogP) is 11.5. The van der Waals surface area contributed by atoms with Gasteiger partial charge in [-0.25, -0.2) is 0 Å². The van der Waals surface area contributed by atoms with E-state index in [-0.39, 0.29) is 19.3 Å². The van der Waals surface area contributed by atoms with Crippen molar-refractivity contribution in [2.75, 3.05) is 0 Å². The van der Waals surface area contributed by atoms with Gasteiger partial charge in [0, 0.05) is 19.3 Å². The quantitative estimate of drug-likeness (QED) is 0.0552. The lowest BCUT2D eigenvalue weighted by molar-refractivity contribution is -0.181. The van der Waals surface area contributed by atoms with Gasteiger partial charge in [0.15, 0.2) is 35.2 Å². The van der Waals surface area contributed by atoms with E-state index in [9.17, 15) is 29.7 Å². The molecule has 0 aliphatic rings. The van der Waals surface area contributed by atoms with Crippen LogP contribution in [0, 0.1) is 0 Å². The Balaban J connectivity index is 4.26. The number of ketones is 3. The Morgan fingerprint density at radius 2 is 0.592 bits per heavy atom. The molecule has 2 atom stereocenters. The highest BCUT2D eigenvalue weighted by Gasteiger charge is 2.53. The third kappa shape index (κ3) is 24.7. The van der Waals surface area contributed by atoms with Gasteiger partial charge in [-0.1, -0.05) is 201 Å². The second-order valence-electron chi connectivity index (χ2n) is 15.1. The summed E-state index contributed by atoms with van der Waals surface area (Å²) in [4.78, 5) is 38.7. The fraction of sp³-hybridized carbons (Fsp3) is 0.930. The van der Waals surface area contributed by atoms with Crippen LogP contribution in [0.25, 0.3) is 0 Å². The zero-order chi connectivity index (χ0) is 36.4. The molecule has 0 amide bonds. The molecule has 0 heterocycles. The van der Waals surface area contributed by atoms with E-state index in [1.165, 1.54) is 141 Å². The lowest BCUT2D eigenvalue weighted by atomic mass is 9.79. The number of hydrogen-bond acceptors (Lipinski definition) is 6. The zero-order valence-electron chi connectivity index (χ0n) is 32.8. The number of aliphatic hydroxyl groups excluding tert-OH is 2. The van der Waals surface area contributed by atoms with Crippen molar-refractivity contribution >= 4 is 17.3 Å². The van der Waals surface area contributed by atoms with Gasteiger partial charge < -0.3 is 15.3 Å². The highest BCUT2D eigenvalue weighted by molar-refractivity contribution is 6.01. The molecular weight excluding hydrogens is 612 g/mol. The van der Waals surface area contributed by atoms with Crippen molar-refractivity contribution in [3.05, 3.63) is 0 Å². The van der Waals surface area contributed by atoms with Gasteiger partial charge in [-0.05, 0) is 19.3 Å². The number of carbonyl (C=O) groups is 3. The van der Waals surface area contributed by atoms with Crippen molar-refractivity contribution in [1.29, 1.82) is 0 Å². The first-order valence-corrected chi connectivity index (χ1v) is 21.4. The minimum absolute atomic E-state index is 0.0150. The van der Waals surface area contributed by atoms with Crippen molar-refractivity contribution in [3.63, 3.8) is 0 Å². The summed E-state index contributed by atoms with van der Waals surface area (Å²) in [6.45, 7) is 6.25. The topological polar surface area (TPSA) is 112 Å². The second kappa shape index (κ2) is 34.0. The van der Waals surface area contributed by atoms with Crippen LogP contribution in [0.2, 0.25) is 0 Å². The van der Waals surface area contributed by atoms with Gasteiger partial charge in [-0.2, -0.15) is 0 Å². The summed E-state index contributed by atoms with van der Waals surface area (Å²) in [5.41, 5.74) is -2.78. The molecule has 0 aromatic rings. The van der Waals surface area contributed by atoms with Gasteiger partial charge in [0.05, 0.1) is 0 Å². The van der Waals surface area contributed by atoms with E-state index >= 15 is 0 Å². The SMILES string of the molecule is CCCCCCCCCCCCCCCCCC(=O)C(O)C(O)(C(=O)CCC)C(O)C(=O)CCCCCCCCCCCCCCCCC.